The Balaban J connectivity index is 1.31. The Labute approximate surface area is 198 Å². The van der Waals surface area contributed by atoms with Crippen molar-refractivity contribution < 1.29 is 13.2 Å². The number of aromatic nitrogens is 3. The molecule has 8 nitrogen and oxygen atoms in total. The van der Waals surface area contributed by atoms with E-state index in [1.165, 1.54) is 16.1 Å². The van der Waals surface area contributed by atoms with E-state index in [1.54, 1.807) is 4.90 Å². The third-order valence-electron chi connectivity index (χ3n) is 5.72. The number of piperazine rings is 1. The molecule has 1 aromatic heterocycles. The molecule has 1 amide bonds. The van der Waals surface area contributed by atoms with Crippen LogP contribution in [0.4, 0.5) is 0 Å². The summed E-state index contributed by atoms with van der Waals surface area (Å²) in [6, 6.07) is 17.1. The number of aryl methyl sites for hydroxylation is 1. The van der Waals surface area contributed by atoms with Gasteiger partial charge in [0, 0.05) is 38.8 Å². The minimum absolute atomic E-state index is 0.0208. The topological polar surface area (TPSA) is 88.4 Å². The standard InChI is InChI=1S/C23H27N5O3S2/c1-18-8-6-7-11-20(18)22-24-25-23(26(22)2)32-16-21(29)27-12-14-28(15-13-27)33(30,31)17-19-9-4-3-5-10-19/h3-11H,12-17H2,1-2H3. The van der Waals surface area contributed by atoms with Gasteiger partial charge in [-0.2, -0.15) is 4.31 Å². The maximum atomic E-state index is 12.7. The summed E-state index contributed by atoms with van der Waals surface area (Å²) in [6.45, 7) is 3.43. The van der Waals surface area contributed by atoms with Crippen molar-refractivity contribution in [3.05, 3.63) is 65.7 Å². The predicted octanol–water partition coefficient (Wildman–Crippen LogP) is 2.56. The minimum atomic E-state index is -3.41. The van der Waals surface area contributed by atoms with E-state index in [4.69, 9.17) is 0 Å². The van der Waals surface area contributed by atoms with Crippen molar-refractivity contribution in [3.63, 3.8) is 0 Å². The summed E-state index contributed by atoms with van der Waals surface area (Å²) in [5, 5.41) is 9.23. The highest BCUT2D eigenvalue weighted by Gasteiger charge is 2.29. The van der Waals surface area contributed by atoms with Crippen molar-refractivity contribution in [2.75, 3.05) is 31.9 Å². The highest BCUT2D eigenvalue weighted by molar-refractivity contribution is 7.99. The molecule has 0 unspecified atom stereocenters. The van der Waals surface area contributed by atoms with E-state index in [-0.39, 0.29) is 17.4 Å². The lowest BCUT2D eigenvalue weighted by molar-refractivity contribution is -0.129. The summed E-state index contributed by atoms with van der Waals surface area (Å²) in [6.07, 6.45) is 0. The Morgan fingerprint density at radius 1 is 0.970 bits per heavy atom. The predicted molar refractivity (Wildman–Crippen MR) is 129 cm³/mol. The molecule has 0 spiro atoms. The molecule has 0 N–H and O–H groups in total. The van der Waals surface area contributed by atoms with Crippen LogP contribution in [0.15, 0.2) is 59.8 Å². The van der Waals surface area contributed by atoms with Crippen LogP contribution in [0, 0.1) is 6.92 Å². The Morgan fingerprint density at radius 3 is 2.33 bits per heavy atom. The van der Waals surface area contributed by atoms with E-state index in [0.29, 0.717) is 31.3 Å². The van der Waals surface area contributed by atoms with Crippen molar-refractivity contribution in [3.8, 4) is 11.4 Å². The maximum absolute atomic E-state index is 12.7. The van der Waals surface area contributed by atoms with Crippen LogP contribution in [0.5, 0.6) is 0 Å². The molecule has 3 aromatic rings. The quantitative estimate of drug-likeness (QED) is 0.478. The van der Waals surface area contributed by atoms with Gasteiger partial charge in [0.05, 0.1) is 11.5 Å². The lowest BCUT2D eigenvalue weighted by Gasteiger charge is -2.34. The number of thioether (sulfide) groups is 1. The maximum Gasteiger partial charge on any atom is 0.233 e. The third kappa shape index (κ3) is 5.45. The van der Waals surface area contributed by atoms with E-state index in [2.05, 4.69) is 10.2 Å². The fourth-order valence-corrected chi connectivity index (χ4v) is 6.14. The van der Waals surface area contributed by atoms with E-state index in [1.807, 2.05) is 73.1 Å². The molecular weight excluding hydrogens is 458 g/mol. The Bertz CT molecular complexity index is 1220. The van der Waals surface area contributed by atoms with E-state index >= 15 is 0 Å². The molecular formula is C23H27N5O3S2. The van der Waals surface area contributed by atoms with Crippen LogP contribution >= 0.6 is 11.8 Å². The fourth-order valence-electron chi connectivity index (χ4n) is 3.81. The molecule has 1 aliphatic rings. The molecule has 1 saturated heterocycles. The number of sulfonamides is 1. The van der Waals surface area contributed by atoms with Gasteiger partial charge in [0.2, 0.25) is 15.9 Å². The van der Waals surface area contributed by atoms with Crippen LogP contribution in [0.1, 0.15) is 11.1 Å². The molecule has 1 fully saturated rings. The Kier molecular flexibility index (Phi) is 7.16. The Morgan fingerprint density at radius 2 is 1.64 bits per heavy atom. The number of hydrogen-bond acceptors (Lipinski definition) is 6. The number of hydrogen-bond donors (Lipinski definition) is 0. The van der Waals surface area contributed by atoms with Gasteiger partial charge < -0.3 is 9.47 Å². The minimum Gasteiger partial charge on any atom is -0.339 e. The zero-order chi connectivity index (χ0) is 23.4. The molecule has 0 radical (unpaired) electrons. The molecule has 174 valence electrons. The van der Waals surface area contributed by atoms with Crippen molar-refractivity contribution in [2.45, 2.75) is 17.8 Å². The first-order chi connectivity index (χ1) is 15.8. The van der Waals surface area contributed by atoms with Gasteiger partial charge in [0.1, 0.15) is 0 Å². The van der Waals surface area contributed by atoms with Crippen LogP contribution in [0.25, 0.3) is 11.4 Å². The summed E-state index contributed by atoms with van der Waals surface area (Å²) in [4.78, 5) is 14.5. The molecule has 0 saturated carbocycles. The molecule has 0 atom stereocenters. The van der Waals surface area contributed by atoms with Gasteiger partial charge in [-0.1, -0.05) is 66.4 Å². The van der Waals surface area contributed by atoms with Gasteiger partial charge in [-0.25, -0.2) is 8.42 Å². The second-order valence-corrected chi connectivity index (χ2v) is 10.9. The van der Waals surface area contributed by atoms with Gasteiger partial charge >= 0.3 is 0 Å². The first-order valence-corrected chi connectivity index (χ1v) is 13.3. The van der Waals surface area contributed by atoms with Gasteiger partial charge in [-0.15, -0.1) is 10.2 Å². The molecule has 33 heavy (non-hydrogen) atoms. The van der Waals surface area contributed by atoms with Crippen molar-refractivity contribution in [1.29, 1.82) is 0 Å². The average molecular weight is 486 g/mol. The number of rotatable bonds is 7. The number of carbonyl (C=O) groups is 1. The third-order valence-corrected chi connectivity index (χ3v) is 8.58. The van der Waals surface area contributed by atoms with Crippen molar-refractivity contribution >= 4 is 27.7 Å². The summed E-state index contributed by atoms with van der Waals surface area (Å²) in [5.41, 5.74) is 2.89. The number of nitrogens with zero attached hydrogens (tertiary/aromatic N) is 5. The highest BCUT2D eigenvalue weighted by atomic mass is 32.2. The first kappa shape index (κ1) is 23.5. The molecule has 2 heterocycles. The first-order valence-electron chi connectivity index (χ1n) is 10.7. The summed E-state index contributed by atoms with van der Waals surface area (Å²) in [5.74, 6) is 0.949. The van der Waals surface area contributed by atoms with Crippen LogP contribution < -0.4 is 0 Å². The molecule has 0 aliphatic carbocycles. The fraction of sp³-hybridized carbons (Fsp3) is 0.348. The lowest BCUT2D eigenvalue weighted by Crippen LogP contribution is -2.51. The van der Waals surface area contributed by atoms with Gasteiger partial charge in [-0.3, -0.25) is 4.79 Å². The summed E-state index contributed by atoms with van der Waals surface area (Å²) in [7, 11) is -1.51. The Hall–Kier alpha value is -2.69. The highest BCUT2D eigenvalue weighted by Crippen LogP contribution is 2.25. The zero-order valence-corrected chi connectivity index (χ0v) is 20.3. The zero-order valence-electron chi connectivity index (χ0n) is 18.7. The van der Waals surface area contributed by atoms with E-state index in [9.17, 15) is 13.2 Å². The van der Waals surface area contributed by atoms with Crippen molar-refractivity contribution in [1.82, 2.24) is 24.0 Å². The number of amides is 1. The van der Waals surface area contributed by atoms with E-state index < -0.39 is 10.0 Å². The second-order valence-electron chi connectivity index (χ2n) is 7.99. The SMILES string of the molecule is Cc1ccccc1-c1nnc(SCC(=O)N2CCN(S(=O)(=O)Cc3ccccc3)CC2)n1C. The summed E-state index contributed by atoms with van der Waals surface area (Å²) < 4.78 is 28.8. The van der Waals surface area contributed by atoms with Crippen LogP contribution in [-0.2, 0) is 27.6 Å². The normalized spacial score (nSPS) is 15.0. The summed E-state index contributed by atoms with van der Waals surface area (Å²) >= 11 is 1.34. The van der Waals surface area contributed by atoms with Gasteiger partial charge in [0.15, 0.2) is 11.0 Å². The lowest BCUT2D eigenvalue weighted by atomic mass is 10.1. The molecule has 2 aromatic carbocycles. The second kappa shape index (κ2) is 10.1. The molecule has 0 bridgehead atoms. The van der Waals surface area contributed by atoms with Crippen LogP contribution in [0.3, 0.4) is 0 Å². The van der Waals surface area contributed by atoms with Crippen LogP contribution in [0.2, 0.25) is 0 Å². The number of benzene rings is 2. The monoisotopic (exact) mass is 485 g/mol. The van der Waals surface area contributed by atoms with Crippen LogP contribution in [-0.4, -0.2) is 70.2 Å². The molecule has 4 rings (SSSR count). The smallest absolute Gasteiger partial charge is 0.233 e. The molecule has 10 heteroatoms. The van der Waals surface area contributed by atoms with E-state index in [0.717, 1.165) is 22.5 Å². The van der Waals surface area contributed by atoms with Crippen molar-refractivity contribution in [2.24, 2.45) is 7.05 Å². The average Bonchev–Trinajstić information content (AvgIpc) is 3.18. The number of carbonyl (C=O) groups excluding carboxylic acids is 1. The largest absolute Gasteiger partial charge is 0.339 e. The van der Waals surface area contributed by atoms with Gasteiger partial charge in [0.25, 0.3) is 0 Å². The van der Waals surface area contributed by atoms with Gasteiger partial charge in [-0.05, 0) is 18.1 Å². The molecule has 1 aliphatic heterocycles.